The molecule has 0 bridgehead atoms. The monoisotopic (exact) mass is 270 g/mol. The smallest absolute Gasteiger partial charge is 0.304 e. The summed E-state index contributed by atoms with van der Waals surface area (Å²) in [6.45, 7) is 3.90. The molecule has 98 valence electrons. The van der Waals surface area contributed by atoms with Crippen LogP contribution in [0.15, 0.2) is 12.4 Å². The molecule has 1 aromatic rings. The molecule has 0 amide bonds. The van der Waals surface area contributed by atoms with Crippen molar-refractivity contribution >= 4 is 23.4 Å². The lowest BCUT2D eigenvalue weighted by Crippen LogP contribution is -2.47. The lowest BCUT2D eigenvalue weighted by Gasteiger charge is -2.34. The highest BCUT2D eigenvalue weighted by atomic mass is 35.5. The Bertz CT molecular complexity index is 421. The molecule has 0 unspecified atom stereocenters. The standard InChI is InChI=1S/C11H15ClN4O2/c12-9-7-13-8-10(14-9)16-5-3-15(4-6-16)2-1-11(17)18/h7-8H,1-6H2,(H,17,18). The van der Waals surface area contributed by atoms with E-state index in [1.165, 1.54) is 6.20 Å². The van der Waals surface area contributed by atoms with Gasteiger partial charge in [-0.1, -0.05) is 11.6 Å². The second-order valence-electron chi connectivity index (χ2n) is 4.17. The van der Waals surface area contributed by atoms with E-state index < -0.39 is 5.97 Å². The minimum Gasteiger partial charge on any atom is -0.481 e. The number of hydrogen-bond donors (Lipinski definition) is 1. The van der Waals surface area contributed by atoms with Crippen LogP contribution < -0.4 is 4.90 Å². The van der Waals surface area contributed by atoms with Gasteiger partial charge in [0.1, 0.15) is 11.0 Å². The van der Waals surface area contributed by atoms with Gasteiger partial charge >= 0.3 is 5.97 Å². The number of aromatic nitrogens is 2. The Hall–Kier alpha value is -1.40. The fraction of sp³-hybridized carbons (Fsp3) is 0.545. The van der Waals surface area contributed by atoms with Crippen LogP contribution in [-0.4, -0.2) is 58.7 Å². The number of anilines is 1. The van der Waals surface area contributed by atoms with Crippen molar-refractivity contribution in [3.8, 4) is 0 Å². The number of nitrogens with zero attached hydrogens (tertiary/aromatic N) is 4. The normalized spacial score (nSPS) is 16.8. The molecule has 6 nitrogen and oxygen atoms in total. The van der Waals surface area contributed by atoms with Crippen molar-refractivity contribution < 1.29 is 9.90 Å². The average Bonchev–Trinajstić information content (AvgIpc) is 2.37. The van der Waals surface area contributed by atoms with Gasteiger partial charge in [-0.15, -0.1) is 0 Å². The number of carbonyl (C=O) groups is 1. The maximum atomic E-state index is 10.5. The fourth-order valence-corrected chi connectivity index (χ4v) is 2.08. The quantitative estimate of drug-likeness (QED) is 0.870. The van der Waals surface area contributed by atoms with Gasteiger partial charge < -0.3 is 10.0 Å². The van der Waals surface area contributed by atoms with E-state index in [0.29, 0.717) is 11.7 Å². The summed E-state index contributed by atoms with van der Waals surface area (Å²) < 4.78 is 0. The van der Waals surface area contributed by atoms with Gasteiger partial charge in [-0.3, -0.25) is 14.7 Å². The zero-order valence-electron chi connectivity index (χ0n) is 9.92. The van der Waals surface area contributed by atoms with Gasteiger partial charge in [0, 0.05) is 32.7 Å². The van der Waals surface area contributed by atoms with Crippen molar-refractivity contribution in [3.05, 3.63) is 17.5 Å². The minimum absolute atomic E-state index is 0.191. The van der Waals surface area contributed by atoms with E-state index in [-0.39, 0.29) is 6.42 Å². The van der Waals surface area contributed by atoms with E-state index in [1.54, 1.807) is 6.20 Å². The fourth-order valence-electron chi connectivity index (χ4n) is 1.94. The second-order valence-corrected chi connectivity index (χ2v) is 4.56. The summed E-state index contributed by atoms with van der Waals surface area (Å²) >= 11 is 5.80. The van der Waals surface area contributed by atoms with Crippen molar-refractivity contribution in [1.29, 1.82) is 0 Å². The Morgan fingerprint density at radius 3 is 2.67 bits per heavy atom. The first-order chi connectivity index (χ1) is 8.65. The van der Waals surface area contributed by atoms with E-state index in [1.807, 2.05) is 0 Å². The molecule has 1 saturated heterocycles. The summed E-state index contributed by atoms with van der Waals surface area (Å²) in [4.78, 5) is 23.0. The lowest BCUT2D eigenvalue weighted by atomic mass is 10.3. The Labute approximate surface area is 110 Å². The summed E-state index contributed by atoms with van der Waals surface area (Å²) in [6, 6.07) is 0. The average molecular weight is 271 g/mol. The van der Waals surface area contributed by atoms with Gasteiger partial charge in [-0.2, -0.15) is 0 Å². The molecule has 1 aromatic heterocycles. The molecule has 0 saturated carbocycles. The topological polar surface area (TPSA) is 69.6 Å². The molecule has 1 fully saturated rings. The molecule has 0 aliphatic carbocycles. The van der Waals surface area contributed by atoms with E-state index in [2.05, 4.69) is 19.8 Å². The van der Waals surface area contributed by atoms with Gasteiger partial charge in [0.25, 0.3) is 0 Å². The van der Waals surface area contributed by atoms with E-state index in [0.717, 1.165) is 32.0 Å². The molecule has 0 spiro atoms. The summed E-state index contributed by atoms with van der Waals surface area (Å²) in [6.07, 6.45) is 3.39. The third-order valence-electron chi connectivity index (χ3n) is 2.93. The summed E-state index contributed by atoms with van der Waals surface area (Å²) in [5.74, 6) is 0.0264. The summed E-state index contributed by atoms with van der Waals surface area (Å²) in [5.41, 5.74) is 0. The van der Waals surface area contributed by atoms with Crippen LogP contribution in [0, 0.1) is 0 Å². The number of carboxylic acids is 1. The first kappa shape index (κ1) is 13.0. The third kappa shape index (κ3) is 3.54. The molecule has 18 heavy (non-hydrogen) atoms. The minimum atomic E-state index is -0.752. The Balaban J connectivity index is 1.85. The van der Waals surface area contributed by atoms with Gasteiger partial charge in [0.2, 0.25) is 0 Å². The zero-order chi connectivity index (χ0) is 13.0. The van der Waals surface area contributed by atoms with Gasteiger partial charge in [0.05, 0.1) is 18.8 Å². The predicted octanol–water partition coefficient (Wildman–Crippen LogP) is 0.727. The summed E-state index contributed by atoms with van der Waals surface area (Å²) in [5, 5.41) is 9.02. The van der Waals surface area contributed by atoms with Crippen LogP contribution >= 0.6 is 11.6 Å². The van der Waals surface area contributed by atoms with Crippen LogP contribution in [0.25, 0.3) is 0 Å². The van der Waals surface area contributed by atoms with Gasteiger partial charge in [-0.05, 0) is 0 Å². The van der Waals surface area contributed by atoms with Gasteiger partial charge in [-0.25, -0.2) is 4.98 Å². The highest BCUT2D eigenvalue weighted by molar-refractivity contribution is 6.29. The van der Waals surface area contributed by atoms with Crippen molar-refractivity contribution in [2.24, 2.45) is 0 Å². The molecule has 7 heteroatoms. The van der Waals surface area contributed by atoms with Crippen LogP contribution in [-0.2, 0) is 4.79 Å². The third-order valence-corrected chi connectivity index (χ3v) is 3.11. The Morgan fingerprint density at radius 2 is 2.06 bits per heavy atom. The van der Waals surface area contributed by atoms with E-state index >= 15 is 0 Å². The number of piperazine rings is 1. The molecule has 1 aliphatic rings. The first-order valence-electron chi connectivity index (χ1n) is 5.82. The van der Waals surface area contributed by atoms with Crippen LogP contribution in [0.2, 0.25) is 5.15 Å². The maximum Gasteiger partial charge on any atom is 0.304 e. The predicted molar refractivity (Wildman–Crippen MR) is 67.9 cm³/mol. The van der Waals surface area contributed by atoms with Crippen molar-refractivity contribution in [2.45, 2.75) is 6.42 Å². The Morgan fingerprint density at radius 1 is 1.33 bits per heavy atom. The van der Waals surface area contributed by atoms with E-state index in [9.17, 15) is 4.79 Å². The van der Waals surface area contributed by atoms with Crippen molar-refractivity contribution in [2.75, 3.05) is 37.6 Å². The number of hydrogen-bond acceptors (Lipinski definition) is 5. The summed E-state index contributed by atoms with van der Waals surface area (Å²) in [7, 11) is 0. The van der Waals surface area contributed by atoms with Crippen LogP contribution in [0.1, 0.15) is 6.42 Å². The van der Waals surface area contributed by atoms with Crippen LogP contribution in [0.3, 0.4) is 0 Å². The second kappa shape index (κ2) is 5.97. The molecule has 1 N–H and O–H groups in total. The molecule has 0 aromatic carbocycles. The molecular formula is C11H15ClN4O2. The molecule has 0 radical (unpaired) electrons. The molecule has 2 heterocycles. The van der Waals surface area contributed by atoms with Crippen molar-refractivity contribution in [1.82, 2.24) is 14.9 Å². The lowest BCUT2D eigenvalue weighted by molar-refractivity contribution is -0.137. The van der Waals surface area contributed by atoms with Crippen molar-refractivity contribution in [3.63, 3.8) is 0 Å². The van der Waals surface area contributed by atoms with E-state index in [4.69, 9.17) is 16.7 Å². The van der Waals surface area contributed by atoms with Crippen LogP contribution in [0.4, 0.5) is 5.82 Å². The zero-order valence-corrected chi connectivity index (χ0v) is 10.7. The molecule has 1 aliphatic heterocycles. The number of carboxylic acid groups (broad SMARTS) is 1. The van der Waals surface area contributed by atoms with Gasteiger partial charge in [0.15, 0.2) is 0 Å². The van der Waals surface area contributed by atoms with Crippen LogP contribution in [0.5, 0.6) is 0 Å². The number of aliphatic carboxylic acids is 1. The number of rotatable bonds is 4. The molecular weight excluding hydrogens is 256 g/mol. The first-order valence-corrected chi connectivity index (χ1v) is 6.19. The molecule has 0 atom stereocenters. The Kier molecular flexibility index (Phi) is 4.33. The highest BCUT2D eigenvalue weighted by Gasteiger charge is 2.18. The molecule has 2 rings (SSSR count). The number of halogens is 1. The maximum absolute atomic E-state index is 10.5. The largest absolute Gasteiger partial charge is 0.481 e. The SMILES string of the molecule is O=C(O)CCN1CCN(c2cncc(Cl)n2)CC1. The highest BCUT2D eigenvalue weighted by Crippen LogP contribution is 2.14.